The molecule has 1 fully saturated rings. The van der Waals surface area contributed by atoms with Gasteiger partial charge in [-0.15, -0.1) is 12.4 Å². The second kappa shape index (κ2) is 13.1. The maximum Gasteiger partial charge on any atom is 0.284 e. The number of aromatic nitrogens is 1. The molecule has 0 unspecified atom stereocenters. The van der Waals surface area contributed by atoms with E-state index < -0.39 is 5.91 Å². The van der Waals surface area contributed by atoms with Gasteiger partial charge in [0.15, 0.2) is 5.76 Å². The predicted molar refractivity (Wildman–Crippen MR) is 153 cm³/mol. The molecule has 38 heavy (non-hydrogen) atoms. The summed E-state index contributed by atoms with van der Waals surface area (Å²) in [5.41, 5.74) is 10.3. The maximum atomic E-state index is 11.4. The lowest BCUT2D eigenvalue weighted by Crippen LogP contribution is -2.46. The molecule has 0 atom stereocenters. The molecule has 2 aromatic carbocycles. The number of Topliss-reactive ketones (excluding diaryl/α,β-unsaturated/α-hetero) is 1. The highest BCUT2D eigenvalue weighted by molar-refractivity contribution is 5.95. The van der Waals surface area contributed by atoms with Gasteiger partial charge in [-0.25, -0.2) is 0 Å². The van der Waals surface area contributed by atoms with E-state index in [1.54, 1.807) is 6.07 Å². The summed E-state index contributed by atoms with van der Waals surface area (Å²) in [5, 5.41) is 11.2. The zero-order chi connectivity index (χ0) is 26.4. The summed E-state index contributed by atoms with van der Waals surface area (Å²) in [6.45, 7) is 8.18. The summed E-state index contributed by atoms with van der Waals surface area (Å²) < 4.78 is 5.49. The highest BCUT2D eigenvalue weighted by Crippen LogP contribution is 2.26. The minimum absolute atomic E-state index is 0. The van der Waals surface area contributed by atoms with E-state index in [0.29, 0.717) is 11.1 Å². The van der Waals surface area contributed by atoms with Crippen molar-refractivity contribution in [2.24, 2.45) is 5.73 Å². The van der Waals surface area contributed by atoms with Gasteiger partial charge < -0.3 is 24.8 Å². The van der Waals surface area contributed by atoms with Crippen molar-refractivity contribution in [3.63, 3.8) is 0 Å². The molecule has 0 spiro atoms. The summed E-state index contributed by atoms with van der Waals surface area (Å²) in [5.74, 6) is -0.178. The van der Waals surface area contributed by atoms with Crippen LogP contribution in [0.15, 0.2) is 53.1 Å². The molecule has 4 aromatic rings. The number of carbonyl (C=O) groups is 2. The third-order valence-corrected chi connectivity index (χ3v) is 6.55. The van der Waals surface area contributed by atoms with Crippen molar-refractivity contribution >= 4 is 51.7 Å². The number of aromatic amines is 1. The molecular formula is C29H34ClN5O3. The first kappa shape index (κ1) is 28.8. The van der Waals surface area contributed by atoms with Crippen molar-refractivity contribution in [1.82, 2.24) is 9.88 Å². The number of nitriles is 1. The number of piperazine rings is 1. The number of hydrogen-bond donors (Lipinski definition) is 2. The zero-order valence-electron chi connectivity index (χ0n) is 21.8. The second-order valence-corrected chi connectivity index (χ2v) is 9.58. The average Bonchev–Trinajstić information content (AvgIpc) is 3.50. The fraction of sp³-hybridized carbons (Fsp3) is 0.345. The highest BCUT2D eigenvalue weighted by Gasteiger charge is 2.18. The molecule has 1 amide bonds. The topological polar surface area (TPSA) is 119 Å². The fourth-order valence-electron chi connectivity index (χ4n) is 4.68. The van der Waals surface area contributed by atoms with Crippen LogP contribution in [0.2, 0.25) is 0 Å². The monoisotopic (exact) mass is 535 g/mol. The van der Waals surface area contributed by atoms with Gasteiger partial charge in [0.2, 0.25) is 0 Å². The molecule has 5 rings (SSSR count). The van der Waals surface area contributed by atoms with E-state index in [4.69, 9.17) is 15.4 Å². The summed E-state index contributed by atoms with van der Waals surface area (Å²) in [6.07, 6.45) is 5.38. The Balaban J connectivity index is 0.000000749. The SMILES string of the molecule is CC(C)=O.Cl.N#Cc1ccc2[nH]cc(CCCCN3CCN(c4ccc5oc(C(N)=O)cc5c4)CC3)c2c1. The van der Waals surface area contributed by atoms with Crippen LogP contribution in [-0.4, -0.2) is 54.3 Å². The molecular weight excluding hydrogens is 502 g/mol. The first-order chi connectivity index (χ1) is 17.8. The number of ketones is 1. The average molecular weight is 536 g/mol. The van der Waals surface area contributed by atoms with Crippen LogP contribution in [0.25, 0.3) is 21.9 Å². The van der Waals surface area contributed by atoms with Crippen LogP contribution in [0, 0.1) is 11.3 Å². The lowest BCUT2D eigenvalue weighted by Gasteiger charge is -2.36. The number of amides is 1. The lowest BCUT2D eigenvalue weighted by atomic mass is 10.1. The van der Waals surface area contributed by atoms with E-state index in [9.17, 15) is 9.59 Å². The van der Waals surface area contributed by atoms with Crippen LogP contribution >= 0.6 is 12.4 Å². The third kappa shape index (κ3) is 7.15. The normalized spacial score (nSPS) is 13.4. The number of nitrogens with zero attached hydrogens (tertiary/aromatic N) is 3. The Morgan fingerprint density at radius 1 is 1.05 bits per heavy atom. The van der Waals surface area contributed by atoms with E-state index in [1.807, 2.05) is 30.3 Å². The number of rotatable bonds is 7. The van der Waals surface area contributed by atoms with Gasteiger partial charge in [-0.05, 0) is 87.7 Å². The van der Waals surface area contributed by atoms with Gasteiger partial charge in [-0.3, -0.25) is 9.69 Å². The van der Waals surface area contributed by atoms with E-state index in [0.717, 1.165) is 68.6 Å². The Labute approximate surface area is 228 Å². The zero-order valence-corrected chi connectivity index (χ0v) is 22.6. The smallest absolute Gasteiger partial charge is 0.284 e. The summed E-state index contributed by atoms with van der Waals surface area (Å²) in [7, 11) is 0. The third-order valence-electron chi connectivity index (χ3n) is 6.55. The standard InChI is InChI=1S/C26H27N5O2.C3H6O.ClH/c27-16-18-4-6-23-22(13-18)19(17-29-23)3-1-2-8-30-9-11-31(12-10-30)21-5-7-24-20(14-21)15-25(33-24)26(28)32;1-3(2)4;/h4-7,13-15,17,29H,1-3,8-12H2,(H2,28,32);1-2H3;1H. The van der Waals surface area contributed by atoms with Crippen molar-refractivity contribution in [1.29, 1.82) is 5.26 Å². The van der Waals surface area contributed by atoms with Gasteiger partial charge in [-0.2, -0.15) is 5.26 Å². The van der Waals surface area contributed by atoms with E-state index >= 15 is 0 Å². The molecule has 200 valence electrons. The lowest BCUT2D eigenvalue weighted by molar-refractivity contribution is -0.115. The molecule has 1 aliphatic heterocycles. The van der Waals surface area contributed by atoms with Gasteiger partial charge >= 0.3 is 0 Å². The predicted octanol–water partition coefficient (Wildman–Crippen LogP) is 5.05. The van der Waals surface area contributed by atoms with Crippen molar-refractivity contribution in [3.05, 3.63) is 65.5 Å². The number of furan rings is 1. The second-order valence-electron chi connectivity index (χ2n) is 9.58. The Morgan fingerprint density at radius 3 is 2.47 bits per heavy atom. The number of nitrogens with two attached hydrogens (primary N) is 1. The van der Waals surface area contributed by atoms with Gasteiger partial charge in [0.1, 0.15) is 11.4 Å². The minimum Gasteiger partial charge on any atom is -0.451 e. The number of anilines is 1. The van der Waals surface area contributed by atoms with Gasteiger partial charge in [0.25, 0.3) is 5.91 Å². The molecule has 1 saturated heterocycles. The van der Waals surface area contributed by atoms with Crippen LogP contribution < -0.4 is 10.6 Å². The van der Waals surface area contributed by atoms with Crippen molar-refractivity contribution in [3.8, 4) is 6.07 Å². The molecule has 9 heteroatoms. The van der Waals surface area contributed by atoms with Crippen LogP contribution in [-0.2, 0) is 11.2 Å². The number of unbranched alkanes of at least 4 members (excludes halogenated alkanes) is 1. The highest BCUT2D eigenvalue weighted by atomic mass is 35.5. The molecule has 3 heterocycles. The van der Waals surface area contributed by atoms with Crippen molar-refractivity contribution < 1.29 is 14.0 Å². The first-order valence-corrected chi connectivity index (χ1v) is 12.6. The Morgan fingerprint density at radius 2 is 1.79 bits per heavy atom. The molecule has 0 saturated carbocycles. The number of aryl methyl sites for hydroxylation is 1. The summed E-state index contributed by atoms with van der Waals surface area (Å²) in [6, 6.07) is 15.8. The number of primary amides is 1. The number of carbonyl (C=O) groups excluding carboxylic acids is 2. The van der Waals surface area contributed by atoms with Crippen LogP contribution in [0.3, 0.4) is 0 Å². The first-order valence-electron chi connectivity index (χ1n) is 12.6. The Hall–Kier alpha value is -3.80. The minimum atomic E-state index is -0.544. The number of halogens is 1. The Kier molecular flexibility index (Phi) is 9.94. The largest absolute Gasteiger partial charge is 0.451 e. The quantitative estimate of drug-likeness (QED) is 0.320. The molecule has 1 aliphatic rings. The Bertz CT molecular complexity index is 1440. The fourth-order valence-corrected chi connectivity index (χ4v) is 4.68. The molecule has 0 bridgehead atoms. The van der Waals surface area contributed by atoms with Crippen LogP contribution in [0.1, 0.15) is 48.4 Å². The number of hydrogen-bond acceptors (Lipinski definition) is 6. The van der Waals surface area contributed by atoms with Crippen LogP contribution in [0.4, 0.5) is 5.69 Å². The number of nitrogens with one attached hydrogen (secondary N) is 1. The van der Waals surface area contributed by atoms with Crippen molar-refractivity contribution in [2.45, 2.75) is 33.1 Å². The maximum absolute atomic E-state index is 11.4. The summed E-state index contributed by atoms with van der Waals surface area (Å²) in [4.78, 5) is 29.0. The number of H-pyrrole nitrogens is 1. The van der Waals surface area contributed by atoms with Gasteiger partial charge in [0, 0.05) is 54.4 Å². The van der Waals surface area contributed by atoms with E-state index in [1.165, 1.54) is 24.8 Å². The van der Waals surface area contributed by atoms with Gasteiger partial charge in [-0.1, -0.05) is 0 Å². The summed E-state index contributed by atoms with van der Waals surface area (Å²) >= 11 is 0. The van der Waals surface area contributed by atoms with Crippen molar-refractivity contribution in [2.75, 3.05) is 37.6 Å². The van der Waals surface area contributed by atoms with E-state index in [-0.39, 0.29) is 24.0 Å². The molecule has 0 radical (unpaired) electrons. The van der Waals surface area contributed by atoms with Gasteiger partial charge in [0.05, 0.1) is 11.6 Å². The number of benzene rings is 2. The molecule has 0 aliphatic carbocycles. The molecule has 8 nitrogen and oxygen atoms in total. The molecule has 3 N–H and O–H groups in total. The number of fused-ring (bicyclic) bond motifs is 2. The van der Waals surface area contributed by atoms with E-state index in [2.05, 4.69) is 33.1 Å². The van der Waals surface area contributed by atoms with Crippen LogP contribution in [0.5, 0.6) is 0 Å². The molecule has 2 aromatic heterocycles.